The number of rotatable bonds is 6. The number of para-hydroxylation sites is 1. The molecule has 0 aliphatic carbocycles. The van der Waals surface area contributed by atoms with Gasteiger partial charge in [0.25, 0.3) is 11.8 Å². The van der Waals surface area contributed by atoms with Gasteiger partial charge in [-0.1, -0.05) is 47.6 Å². The molecule has 2 aromatic carbocycles. The zero-order chi connectivity index (χ0) is 37.5. The van der Waals surface area contributed by atoms with Crippen molar-refractivity contribution in [1.82, 2.24) is 41.3 Å². The first-order valence-electron chi connectivity index (χ1n) is 17.0. The van der Waals surface area contributed by atoms with E-state index in [1.165, 1.54) is 36.2 Å². The summed E-state index contributed by atoms with van der Waals surface area (Å²) in [5.41, 5.74) is 1.41. The maximum Gasteiger partial charge on any atom is 0.274 e. The van der Waals surface area contributed by atoms with Crippen molar-refractivity contribution >= 4 is 51.1 Å². The van der Waals surface area contributed by atoms with Crippen LogP contribution in [0.15, 0.2) is 75.9 Å². The minimum atomic E-state index is -1.45. The number of nitrogens with zero attached hydrogens (tertiary/aromatic N) is 4. The van der Waals surface area contributed by atoms with E-state index < -0.39 is 47.9 Å². The number of oxazole rings is 1. The van der Waals surface area contributed by atoms with Crippen molar-refractivity contribution in [3.8, 4) is 0 Å². The highest BCUT2D eigenvalue weighted by Gasteiger charge is 2.31. The van der Waals surface area contributed by atoms with E-state index in [0.717, 1.165) is 27.1 Å². The first-order chi connectivity index (χ1) is 25.5. The van der Waals surface area contributed by atoms with Crippen molar-refractivity contribution in [2.24, 2.45) is 0 Å². The lowest BCUT2D eigenvalue weighted by atomic mass is 10.1. The summed E-state index contributed by atoms with van der Waals surface area (Å²) >= 11 is 1.51. The first-order valence-corrected chi connectivity index (χ1v) is 17.8. The molecule has 0 saturated heterocycles. The van der Waals surface area contributed by atoms with Crippen molar-refractivity contribution in [2.75, 3.05) is 13.1 Å². The summed E-state index contributed by atoms with van der Waals surface area (Å²) in [7, 11) is 0. The second-order valence-electron chi connectivity index (χ2n) is 12.6. The molecule has 16 nitrogen and oxygen atoms in total. The molecule has 0 saturated carbocycles. The van der Waals surface area contributed by atoms with E-state index in [-0.39, 0.29) is 61.4 Å². The number of aryl methyl sites for hydroxylation is 1. The smallest absolute Gasteiger partial charge is 0.274 e. The van der Waals surface area contributed by atoms with Gasteiger partial charge in [0.1, 0.15) is 24.4 Å². The molecule has 5 amide bonds. The molecule has 53 heavy (non-hydrogen) atoms. The maximum atomic E-state index is 13.6. The molecular formula is C36H38N8O8S. The number of hydrogen-bond acceptors (Lipinski definition) is 12. The number of hydrogen-bond donors (Lipinski definition) is 5. The van der Waals surface area contributed by atoms with Gasteiger partial charge in [0.05, 0.1) is 27.9 Å². The number of carbonyl (C=O) groups is 5. The zero-order valence-corrected chi connectivity index (χ0v) is 29.7. The molecule has 5 N–H and O–H groups in total. The van der Waals surface area contributed by atoms with E-state index in [9.17, 15) is 29.1 Å². The van der Waals surface area contributed by atoms with E-state index in [0.29, 0.717) is 6.42 Å². The van der Waals surface area contributed by atoms with Crippen LogP contribution in [0.5, 0.6) is 0 Å². The third-order valence-electron chi connectivity index (χ3n) is 8.51. The summed E-state index contributed by atoms with van der Waals surface area (Å²) in [5, 5.41) is 25.6. The zero-order valence-electron chi connectivity index (χ0n) is 28.9. The molecule has 0 spiro atoms. The van der Waals surface area contributed by atoms with Crippen molar-refractivity contribution in [1.29, 1.82) is 0 Å². The third kappa shape index (κ3) is 9.30. The molecule has 0 radical (unpaired) electrons. The van der Waals surface area contributed by atoms with Crippen LogP contribution in [0.3, 0.4) is 0 Å². The molecule has 17 heteroatoms. The largest absolute Gasteiger partial charge is 0.446 e. The van der Waals surface area contributed by atoms with Gasteiger partial charge in [0.2, 0.25) is 23.6 Å². The molecule has 4 atom stereocenters. The quantitative estimate of drug-likeness (QED) is 0.169. The highest BCUT2D eigenvalue weighted by atomic mass is 32.1. The van der Waals surface area contributed by atoms with Crippen LogP contribution in [0.4, 0.5) is 0 Å². The highest BCUT2D eigenvalue weighted by molar-refractivity contribution is 7.18. The number of aliphatic hydroxyl groups excluding tert-OH is 1. The summed E-state index contributed by atoms with van der Waals surface area (Å²) in [4.78, 5) is 76.8. The molecule has 276 valence electrons. The molecule has 3 aromatic heterocycles. The van der Waals surface area contributed by atoms with Crippen molar-refractivity contribution in [3.05, 3.63) is 101 Å². The summed E-state index contributed by atoms with van der Waals surface area (Å²) in [6, 6.07) is 15.0. The fraction of sp³-hybridized carbons (Fsp3) is 0.333. The Morgan fingerprint density at radius 2 is 1.74 bits per heavy atom. The minimum Gasteiger partial charge on any atom is -0.446 e. The van der Waals surface area contributed by atoms with Gasteiger partial charge in [-0.25, -0.2) is 9.97 Å². The van der Waals surface area contributed by atoms with E-state index in [2.05, 4.69) is 36.4 Å². The fourth-order valence-electron chi connectivity index (χ4n) is 5.66. The predicted octanol–water partition coefficient (Wildman–Crippen LogP) is 2.06. The fourth-order valence-corrected chi connectivity index (χ4v) is 6.63. The van der Waals surface area contributed by atoms with Gasteiger partial charge in [-0.2, -0.15) is 0 Å². The van der Waals surface area contributed by atoms with Crippen LogP contribution in [0.2, 0.25) is 0 Å². The van der Waals surface area contributed by atoms with Gasteiger partial charge in [-0.3, -0.25) is 24.0 Å². The van der Waals surface area contributed by atoms with Gasteiger partial charge in [0.15, 0.2) is 17.1 Å². The predicted molar refractivity (Wildman–Crippen MR) is 190 cm³/mol. The number of carbonyl (C=O) groups excluding carboxylic acids is 5. The van der Waals surface area contributed by atoms with Crippen LogP contribution in [0.25, 0.3) is 10.2 Å². The van der Waals surface area contributed by atoms with Crippen molar-refractivity contribution in [2.45, 2.75) is 63.9 Å². The van der Waals surface area contributed by atoms with Crippen LogP contribution in [-0.2, 0) is 33.8 Å². The average Bonchev–Trinajstić information content (AvgIpc) is 3.92. The van der Waals surface area contributed by atoms with Crippen LogP contribution in [0.1, 0.15) is 69.5 Å². The van der Waals surface area contributed by atoms with E-state index in [1.54, 1.807) is 0 Å². The van der Waals surface area contributed by atoms with Crippen LogP contribution >= 0.6 is 11.3 Å². The third-order valence-corrected chi connectivity index (χ3v) is 9.60. The normalized spacial score (nSPS) is 19.8. The van der Waals surface area contributed by atoms with Gasteiger partial charge in [-0.05, 0) is 31.5 Å². The maximum absolute atomic E-state index is 13.6. The minimum absolute atomic E-state index is 0.00444. The number of nitrogens with one attached hydrogen (secondary N) is 4. The van der Waals surface area contributed by atoms with Gasteiger partial charge in [0, 0.05) is 38.4 Å². The number of amides is 5. The molecule has 0 fully saturated rings. The van der Waals surface area contributed by atoms with Gasteiger partial charge >= 0.3 is 0 Å². The second kappa shape index (κ2) is 16.6. The Balaban J connectivity index is 1.26. The average molecular weight is 743 g/mol. The summed E-state index contributed by atoms with van der Waals surface area (Å²) < 4.78 is 12.1. The molecule has 4 bridgehead atoms. The molecule has 5 aromatic rings. The lowest BCUT2D eigenvalue weighted by Gasteiger charge is -2.24. The molecule has 4 heterocycles. The highest BCUT2D eigenvalue weighted by Crippen LogP contribution is 2.23. The summed E-state index contributed by atoms with van der Waals surface area (Å²) in [6.07, 6.45) is 0.466. The van der Waals surface area contributed by atoms with Crippen molar-refractivity contribution in [3.63, 3.8) is 0 Å². The number of fused-ring (bicyclic) bond motifs is 5. The lowest BCUT2D eigenvalue weighted by molar-refractivity contribution is -0.133. The topological polar surface area (TPSA) is 222 Å². The Morgan fingerprint density at radius 3 is 2.51 bits per heavy atom. The lowest BCUT2D eigenvalue weighted by Crippen LogP contribution is -2.56. The second-order valence-corrected chi connectivity index (χ2v) is 13.7. The summed E-state index contributed by atoms with van der Waals surface area (Å²) in [6.45, 7) is 2.78. The van der Waals surface area contributed by atoms with Crippen LogP contribution in [0, 0.1) is 0 Å². The van der Waals surface area contributed by atoms with E-state index in [1.807, 2.05) is 54.6 Å². The first kappa shape index (κ1) is 36.8. The Labute approximate surface area is 307 Å². The molecule has 1 aliphatic rings. The molecule has 6 rings (SSSR count). The standard InChI is InChI=1S/C36H38N8O8S/c1-20-32(47)37-14-15-44(30(46)13-12-29-39-24-10-6-7-11-28(24)53-29)18-23-17-25(43-52-23)33(48)40-26(16-22-8-4-3-5-9-22)36-41-27(19-51-36)34(49)42-31(21(2)45)35(50)38-20/h3-11,17,19-21,26,31,45H,12-16,18H2,1-2H3,(H,37,47)(H,38,50)(H,40,48)(H,42,49)/t20-,21-,26-,31+/m1/s1. The number of benzene rings is 2. The van der Waals surface area contributed by atoms with E-state index >= 15 is 0 Å². The van der Waals surface area contributed by atoms with Gasteiger partial charge in [-0.15, -0.1) is 11.3 Å². The van der Waals surface area contributed by atoms with Crippen LogP contribution < -0.4 is 21.3 Å². The monoisotopic (exact) mass is 742 g/mol. The van der Waals surface area contributed by atoms with Crippen LogP contribution in [-0.4, -0.2) is 85.9 Å². The number of aromatic nitrogens is 3. The van der Waals surface area contributed by atoms with Crippen molar-refractivity contribution < 1.29 is 38.0 Å². The molecule has 0 unspecified atom stereocenters. The van der Waals surface area contributed by atoms with Gasteiger partial charge < -0.3 is 40.2 Å². The number of thiazole rings is 1. The Morgan fingerprint density at radius 1 is 0.981 bits per heavy atom. The number of aliphatic hydroxyl groups is 1. The molecular weight excluding hydrogens is 705 g/mol. The van der Waals surface area contributed by atoms with E-state index in [4.69, 9.17) is 8.94 Å². The Hall–Kier alpha value is -5.94. The molecule has 1 aliphatic heterocycles. The summed E-state index contributed by atoms with van der Waals surface area (Å²) in [5.74, 6) is -2.87. The Kier molecular flexibility index (Phi) is 11.5. The Bertz CT molecular complexity index is 2060. The SMILES string of the molecule is C[C@H]1NC(=O)[C@H]([C@@H](C)O)NC(=O)c2coc(n2)[C@@H](Cc2ccccc2)NC(=O)c2cc(on2)CN(C(=O)CCc2nc3ccccc3s2)CCNC1=O.